The van der Waals surface area contributed by atoms with Crippen LogP contribution >= 0.6 is 23.4 Å². The van der Waals surface area contributed by atoms with Gasteiger partial charge in [-0.25, -0.2) is 0 Å². The highest BCUT2D eigenvalue weighted by Gasteiger charge is 2.22. The van der Waals surface area contributed by atoms with E-state index in [9.17, 15) is 15.2 Å². The first-order valence-electron chi connectivity index (χ1n) is 5.34. The summed E-state index contributed by atoms with van der Waals surface area (Å²) in [5.74, 6) is 0. The molecule has 0 aliphatic rings. The molecule has 18 heavy (non-hydrogen) atoms. The Morgan fingerprint density at radius 2 is 2.28 bits per heavy atom. The third kappa shape index (κ3) is 3.51. The van der Waals surface area contributed by atoms with Gasteiger partial charge in [0.25, 0.3) is 0 Å². The van der Waals surface area contributed by atoms with Crippen molar-refractivity contribution in [3.63, 3.8) is 0 Å². The molecule has 7 heteroatoms. The maximum atomic E-state index is 11.0. The largest absolute Gasteiger partial charge is 0.395 e. The summed E-state index contributed by atoms with van der Waals surface area (Å²) in [6.45, 7) is 1.87. The molecule has 1 rings (SSSR count). The molecule has 0 radical (unpaired) electrons. The molecule has 0 saturated carbocycles. The van der Waals surface area contributed by atoms with E-state index >= 15 is 0 Å². The van der Waals surface area contributed by atoms with Gasteiger partial charge >= 0.3 is 5.69 Å². The number of hydrogen-bond acceptors (Lipinski definition) is 5. The zero-order chi connectivity index (χ0) is 13.7. The lowest BCUT2D eigenvalue weighted by atomic mass is 10.2. The van der Waals surface area contributed by atoms with Gasteiger partial charge < -0.3 is 10.4 Å². The summed E-state index contributed by atoms with van der Waals surface area (Å²) in [7, 11) is 0. The minimum Gasteiger partial charge on any atom is -0.395 e. The number of nitrogens with one attached hydrogen (secondary N) is 1. The standard InChI is InChI=1S/C11H15ClN2O3S/c1-7(10(6-15)18-2)13-9-5-3-4-8(12)11(9)14(16)17/h3-5,7,10,13,15H,6H2,1-2H3. The molecule has 0 aliphatic heterocycles. The van der Waals surface area contributed by atoms with Crippen molar-refractivity contribution >= 4 is 34.7 Å². The minimum atomic E-state index is -0.509. The average Bonchev–Trinajstić information content (AvgIpc) is 2.30. The summed E-state index contributed by atoms with van der Waals surface area (Å²) < 4.78 is 0. The Morgan fingerprint density at radius 1 is 1.61 bits per heavy atom. The topological polar surface area (TPSA) is 75.4 Å². The highest BCUT2D eigenvalue weighted by Crippen LogP contribution is 2.33. The summed E-state index contributed by atoms with van der Waals surface area (Å²) in [6.07, 6.45) is 1.88. The third-order valence-corrected chi connectivity index (χ3v) is 4.06. The molecular formula is C11H15ClN2O3S. The molecule has 0 bridgehead atoms. The van der Waals surface area contributed by atoms with E-state index in [1.54, 1.807) is 12.1 Å². The highest BCUT2D eigenvalue weighted by molar-refractivity contribution is 7.99. The van der Waals surface area contributed by atoms with E-state index < -0.39 is 4.92 Å². The normalized spacial score (nSPS) is 14.0. The average molecular weight is 291 g/mol. The SMILES string of the molecule is CSC(CO)C(C)Nc1cccc(Cl)c1[N+](=O)[O-]. The molecule has 2 atom stereocenters. The highest BCUT2D eigenvalue weighted by atomic mass is 35.5. The molecular weight excluding hydrogens is 276 g/mol. The van der Waals surface area contributed by atoms with E-state index in [1.807, 2.05) is 13.2 Å². The van der Waals surface area contributed by atoms with E-state index in [0.29, 0.717) is 5.69 Å². The van der Waals surface area contributed by atoms with Crippen LogP contribution in [0.1, 0.15) is 6.92 Å². The van der Waals surface area contributed by atoms with Crippen LogP contribution < -0.4 is 5.32 Å². The summed E-state index contributed by atoms with van der Waals surface area (Å²) in [5, 5.41) is 23.2. The van der Waals surface area contributed by atoms with Crippen LogP contribution in [0.25, 0.3) is 0 Å². The number of nitrogens with zero attached hydrogens (tertiary/aromatic N) is 1. The van der Waals surface area contributed by atoms with Gasteiger partial charge in [-0.2, -0.15) is 11.8 Å². The van der Waals surface area contributed by atoms with Crippen LogP contribution in [0.2, 0.25) is 5.02 Å². The molecule has 0 amide bonds. The van der Waals surface area contributed by atoms with Crippen molar-refractivity contribution in [2.24, 2.45) is 0 Å². The molecule has 1 aromatic rings. The minimum absolute atomic E-state index is 0.00367. The van der Waals surface area contributed by atoms with Crippen LogP contribution in [0.3, 0.4) is 0 Å². The van der Waals surface area contributed by atoms with Gasteiger partial charge in [-0.3, -0.25) is 10.1 Å². The Hall–Kier alpha value is -0.980. The first-order valence-corrected chi connectivity index (χ1v) is 7.01. The third-order valence-electron chi connectivity index (χ3n) is 2.59. The van der Waals surface area contributed by atoms with Crippen molar-refractivity contribution in [1.82, 2.24) is 0 Å². The van der Waals surface area contributed by atoms with Gasteiger partial charge in [0.1, 0.15) is 10.7 Å². The number of halogens is 1. The number of para-hydroxylation sites is 1. The number of nitro groups is 1. The van der Waals surface area contributed by atoms with Crippen LogP contribution in [-0.2, 0) is 0 Å². The molecule has 0 heterocycles. The summed E-state index contributed by atoms with van der Waals surface area (Å²) in [6, 6.07) is 4.63. The van der Waals surface area contributed by atoms with Gasteiger partial charge in [0, 0.05) is 11.3 Å². The number of rotatable bonds is 6. The maximum absolute atomic E-state index is 11.0. The van der Waals surface area contributed by atoms with Crippen molar-refractivity contribution in [3.05, 3.63) is 33.3 Å². The molecule has 0 aliphatic carbocycles. The number of nitro benzene ring substituents is 1. The molecule has 1 aromatic carbocycles. The van der Waals surface area contributed by atoms with Gasteiger partial charge in [-0.05, 0) is 25.3 Å². The second-order valence-electron chi connectivity index (χ2n) is 3.78. The van der Waals surface area contributed by atoms with Crippen molar-refractivity contribution in [2.75, 3.05) is 18.2 Å². The van der Waals surface area contributed by atoms with Gasteiger partial charge in [0.05, 0.1) is 11.5 Å². The second kappa shape index (κ2) is 6.82. The Morgan fingerprint density at radius 3 is 2.78 bits per heavy atom. The first-order chi connectivity index (χ1) is 8.51. The predicted octanol–water partition coefficient (Wildman–Crippen LogP) is 2.77. The Kier molecular flexibility index (Phi) is 5.71. The molecule has 2 N–H and O–H groups in total. The first kappa shape index (κ1) is 15.1. The lowest BCUT2D eigenvalue weighted by Crippen LogP contribution is -2.31. The summed E-state index contributed by atoms with van der Waals surface area (Å²) >= 11 is 7.32. The molecule has 0 saturated heterocycles. The number of anilines is 1. The smallest absolute Gasteiger partial charge is 0.310 e. The molecule has 0 fully saturated rings. The van der Waals surface area contributed by atoms with Gasteiger partial charge in [0.2, 0.25) is 0 Å². The van der Waals surface area contributed by atoms with Gasteiger partial charge in [-0.1, -0.05) is 17.7 Å². The summed E-state index contributed by atoms with van der Waals surface area (Å²) in [5.41, 5.74) is 0.233. The second-order valence-corrected chi connectivity index (χ2v) is 5.27. The molecule has 100 valence electrons. The fraction of sp³-hybridized carbons (Fsp3) is 0.455. The quantitative estimate of drug-likeness (QED) is 0.622. The van der Waals surface area contributed by atoms with Crippen LogP contribution in [0, 0.1) is 10.1 Å². The Balaban J connectivity index is 2.97. The van der Waals surface area contributed by atoms with Gasteiger partial charge in [0.15, 0.2) is 0 Å². The number of thioether (sulfide) groups is 1. The fourth-order valence-corrected chi connectivity index (χ4v) is 2.46. The van der Waals surface area contributed by atoms with Crippen LogP contribution in [0.15, 0.2) is 18.2 Å². The fourth-order valence-electron chi connectivity index (χ4n) is 1.59. The molecule has 0 aromatic heterocycles. The van der Waals surface area contributed by atoms with Crippen molar-refractivity contribution in [2.45, 2.75) is 18.2 Å². The van der Waals surface area contributed by atoms with Gasteiger partial charge in [-0.15, -0.1) is 0 Å². The van der Waals surface area contributed by atoms with Crippen molar-refractivity contribution < 1.29 is 10.0 Å². The number of aliphatic hydroxyl groups is 1. The Labute approximate surface area is 115 Å². The maximum Gasteiger partial charge on any atom is 0.310 e. The van der Waals surface area contributed by atoms with Crippen LogP contribution in [0.5, 0.6) is 0 Å². The van der Waals surface area contributed by atoms with Crippen molar-refractivity contribution in [3.8, 4) is 0 Å². The number of hydrogen-bond donors (Lipinski definition) is 2. The van der Waals surface area contributed by atoms with E-state index in [-0.39, 0.29) is 28.6 Å². The molecule has 5 nitrogen and oxygen atoms in total. The predicted molar refractivity (Wildman–Crippen MR) is 75.6 cm³/mol. The van der Waals surface area contributed by atoms with Crippen LogP contribution in [-0.4, -0.2) is 34.2 Å². The Bertz CT molecular complexity index is 427. The molecule has 2 unspecified atom stereocenters. The lowest BCUT2D eigenvalue weighted by Gasteiger charge is -2.22. The van der Waals surface area contributed by atoms with E-state index in [1.165, 1.54) is 17.8 Å². The van der Waals surface area contributed by atoms with Crippen molar-refractivity contribution in [1.29, 1.82) is 0 Å². The molecule has 0 spiro atoms. The van der Waals surface area contributed by atoms with E-state index in [4.69, 9.17) is 11.6 Å². The zero-order valence-corrected chi connectivity index (χ0v) is 11.7. The van der Waals surface area contributed by atoms with E-state index in [0.717, 1.165) is 0 Å². The zero-order valence-electron chi connectivity index (χ0n) is 10.1. The monoisotopic (exact) mass is 290 g/mol. The number of benzene rings is 1. The van der Waals surface area contributed by atoms with E-state index in [2.05, 4.69) is 5.32 Å². The lowest BCUT2D eigenvalue weighted by molar-refractivity contribution is -0.383. The van der Waals surface area contributed by atoms with Crippen LogP contribution in [0.4, 0.5) is 11.4 Å². The number of aliphatic hydroxyl groups excluding tert-OH is 1. The summed E-state index contributed by atoms with van der Waals surface area (Å²) in [4.78, 5) is 10.5.